The van der Waals surface area contributed by atoms with Crippen LogP contribution in [-0.4, -0.2) is 43.6 Å². The summed E-state index contributed by atoms with van der Waals surface area (Å²) in [6.45, 7) is 6.03. The summed E-state index contributed by atoms with van der Waals surface area (Å²) in [5.41, 5.74) is 0. The van der Waals surface area contributed by atoms with E-state index in [1.165, 1.54) is 13.0 Å². The fraction of sp³-hybridized carbons (Fsp3) is 0.600. The zero-order valence-electron chi connectivity index (χ0n) is 9.92. The Labute approximate surface area is 102 Å². The van der Waals surface area contributed by atoms with Gasteiger partial charge in [0, 0.05) is 6.54 Å². The second-order valence-electron chi connectivity index (χ2n) is 3.20. The molecule has 7 heteroatoms. The van der Waals surface area contributed by atoms with Gasteiger partial charge in [0.25, 0.3) is 0 Å². The van der Waals surface area contributed by atoms with Crippen LogP contribution >= 0.6 is 0 Å². The average molecular weight is 260 g/mol. The van der Waals surface area contributed by atoms with Crippen molar-refractivity contribution in [1.82, 2.24) is 4.31 Å². The minimum atomic E-state index is -3.83. The monoisotopic (exact) mass is 260 g/mol. The molecule has 0 aliphatic heterocycles. The van der Waals surface area contributed by atoms with E-state index < -0.39 is 27.8 Å². The molecule has 0 aromatic carbocycles. The molecule has 0 amide bonds. The summed E-state index contributed by atoms with van der Waals surface area (Å²) in [6.07, 6.45) is 1.35. The van der Waals surface area contributed by atoms with E-state index >= 15 is 0 Å². The average Bonchev–Trinajstić information content (AvgIpc) is 2.27. The highest BCUT2D eigenvalue weighted by Crippen LogP contribution is 2.08. The predicted molar refractivity (Wildman–Crippen MR) is 62.4 cm³/mol. The topological polar surface area (TPSA) is 87.5 Å². The number of esters is 1. The van der Waals surface area contributed by atoms with E-state index in [4.69, 9.17) is 5.26 Å². The lowest BCUT2D eigenvalue weighted by Gasteiger charge is -2.20. The number of carbonyl (C=O) groups is 1. The fourth-order valence-corrected chi connectivity index (χ4v) is 2.22. The maximum absolute atomic E-state index is 11.8. The van der Waals surface area contributed by atoms with Gasteiger partial charge in [-0.15, -0.1) is 6.58 Å². The number of rotatable bonds is 7. The van der Waals surface area contributed by atoms with Gasteiger partial charge in [-0.1, -0.05) is 6.08 Å². The first kappa shape index (κ1) is 15.6. The zero-order chi connectivity index (χ0) is 13.5. The molecule has 17 heavy (non-hydrogen) atoms. The van der Waals surface area contributed by atoms with Crippen LogP contribution in [0, 0.1) is 11.3 Å². The van der Waals surface area contributed by atoms with E-state index in [0.717, 1.165) is 4.31 Å². The number of sulfonamides is 1. The van der Waals surface area contributed by atoms with Crippen molar-refractivity contribution in [2.45, 2.75) is 19.1 Å². The van der Waals surface area contributed by atoms with E-state index in [0.29, 0.717) is 0 Å². The Bertz CT molecular complexity index is 411. The third-order valence-corrected chi connectivity index (χ3v) is 3.93. The van der Waals surface area contributed by atoms with Crippen molar-refractivity contribution in [2.24, 2.45) is 0 Å². The molecule has 6 nitrogen and oxygen atoms in total. The van der Waals surface area contributed by atoms with Crippen LogP contribution in [0.2, 0.25) is 0 Å². The van der Waals surface area contributed by atoms with Crippen molar-refractivity contribution in [1.29, 1.82) is 5.26 Å². The van der Waals surface area contributed by atoms with Gasteiger partial charge in [-0.05, 0) is 13.8 Å². The summed E-state index contributed by atoms with van der Waals surface area (Å²) >= 11 is 0. The van der Waals surface area contributed by atoms with E-state index in [2.05, 4.69) is 11.3 Å². The van der Waals surface area contributed by atoms with Gasteiger partial charge >= 0.3 is 5.97 Å². The SMILES string of the molecule is C=CCN(CC(=O)OCC)S(=O)(=O)C(C)C#N. The summed E-state index contributed by atoms with van der Waals surface area (Å²) in [4.78, 5) is 11.2. The van der Waals surface area contributed by atoms with Crippen LogP contribution in [0.25, 0.3) is 0 Å². The number of hydrogen-bond donors (Lipinski definition) is 0. The summed E-state index contributed by atoms with van der Waals surface area (Å²) in [6, 6.07) is 1.63. The lowest BCUT2D eigenvalue weighted by molar-refractivity contribution is -0.143. The third kappa shape index (κ3) is 4.54. The minimum absolute atomic E-state index is 0.0346. The van der Waals surface area contributed by atoms with Gasteiger partial charge in [0.15, 0.2) is 5.25 Å². The van der Waals surface area contributed by atoms with E-state index in [1.807, 2.05) is 0 Å². The first-order chi connectivity index (χ1) is 7.89. The standard InChI is InChI=1S/C10H16N2O4S/c1-4-6-12(8-10(13)16-5-2)17(14,15)9(3)7-11/h4,9H,1,5-6,8H2,2-3H3. The normalized spacial score (nSPS) is 12.8. The van der Waals surface area contributed by atoms with E-state index in [1.54, 1.807) is 13.0 Å². The van der Waals surface area contributed by atoms with Crippen LogP contribution in [-0.2, 0) is 19.6 Å². The van der Waals surface area contributed by atoms with Crippen LogP contribution < -0.4 is 0 Å². The highest BCUT2D eigenvalue weighted by molar-refractivity contribution is 7.90. The van der Waals surface area contributed by atoms with Crippen molar-refractivity contribution in [3.63, 3.8) is 0 Å². The van der Waals surface area contributed by atoms with Crippen molar-refractivity contribution in [2.75, 3.05) is 19.7 Å². The van der Waals surface area contributed by atoms with Crippen LogP contribution in [0.4, 0.5) is 0 Å². The van der Waals surface area contributed by atoms with Gasteiger partial charge in [0.1, 0.15) is 6.54 Å². The number of carbonyl (C=O) groups excluding carboxylic acids is 1. The molecule has 0 rings (SSSR count). The van der Waals surface area contributed by atoms with Gasteiger partial charge in [0.05, 0.1) is 12.7 Å². The smallest absolute Gasteiger partial charge is 0.321 e. The van der Waals surface area contributed by atoms with E-state index in [9.17, 15) is 13.2 Å². The third-order valence-electron chi connectivity index (χ3n) is 1.93. The molecule has 0 aliphatic rings. The summed E-state index contributed by atoms with van der Waals surface area (Å²) in [5, 5.41) is 7.42. The molecule has 0 heterocycles. The van der Waals surface area contributed by atoms with Crippen LogP contribution in [0.15, 0.2) is 12.7 Å². The van der Waals surface area contributed by atoms with Crippen LogP contribution in [0.3, 0.4) is 0 Å². The van der Waals surface area contributed by atoms with Crippen LogP contribution in [0.1, 0.15) is 13.8 Å². The molecule has 0 N–H and O–H groups in total. The molecule has 1 atom stereocenters. The van der Waals surface area contributed by atoms with E-state index in [-0.39, 0.29) is 13.2 Å². The molecule has 0 saturated carbocycles. The van der Waals surface area contributed by atoms with Gasteiger partial charge < -0.3 is 4.74 Å². The highest BCUT2D eigenvalue weighted by atomic mass is 32.2. The molecular weight excluding hydrogens is 244 g/mol. The Hall–Kier alpha value is -1.39. The summed E-state index contributed by atoms with van der Waals surface area (Å²) < 4.78 is 29.2. The molecule has 0 radical (unpaired) electrons. The van der Waals surface area contributed by atoms with Gasteiger partial charge in [-0.2, -0.15) is 9.57 Å². The van der Waals surface area contributed by atoms with Gasteiger partial charge in [0.2, 0.25) is 10.0 Å². The summed E-state index contributed by atoms with van der Waals surface area (Å²) in [5.74, 6) is -0.650. The maximum atomic E-state index is 11.8. The maximum Gasteiger partial charge on any atom is 0.321 e. The Morgan fingerprint density at radius 3 is 2.65 bits per heavy atom. The second-order valence-corrected chi connectivity index (χ2v) is 5.46. The first-order valence-electron chi connectivity index (χ1n) is 5.05. The molecule has 0 aliphatic carbocycles. The largest absolute Gasteiger partial charge is 0.465 e. The lowest BCUT2D eigenvalue weighted by atomic mass is 10.5. The second kappa shape index (κ2) is 7.04. The lowest BCUT2D eigenvalue weighted by Crippen LogP contribution is -2.40. The molecule has 1 unspecified atom stereocenters. The summed E-state index contributed by atoms with van der Waals surface area (Å²) in [7, 11) is -3.83. The molecule has 96 valence electrons. The molecule has 0 bridgehead atoms. The van der Waals surface area contributed by atoms with Crippen molar-refractivity contribution in [3.05, 3.63) is 12.7 Å². The zero-order valence-corrected chi connectivity index (χ0v) is 10.7. The molecular formula is C10H16N2O4S. The van der Waals surface area contributed by atoms with Crippen LogP contribution in [0.5, 0.6) is 0 Å². The van der Waals surface area contributed by atoms with Crippen molar-refractivity contribution < 1.29 is 17.9 Å². The Morgan fingerprint density at radius 1 is 1.65 bits per heavy atom. The quantitative estimate of drug-likeness (QED) is 0.484. The van der Waals surface area contributed by atoms with Crippen molar-refractivity contribution in [3.8, 4) is 6.07 Å². The molecule has 0 spiro atoms. The first-order valence-corrected chi connectivity index (χ1v) is 6.55. The molecule has 0 fully saturated rings. The number of nitriles is 1. The molecule has 0 aromatic heterocycles. The van der Waals surface area contributed by atoms with Gasteiger partial charge in [-0.3, -0.25) is 4.79 Å². The fourth-order valence-electron chi connectivity index (χ4n) is 1.04. The number of ether oxygens (including phenoxy) is 1. The molecule has 0 saturated heterocycles. The van der Waals surface area contributed by atoms with Crippen molar-refractivity contribution >= 4 is 16.0 Å². The number of hydrogen-bond acceptors (Lipinski definition) is 5. The highest BCUT2D eigenvalue weighted by Gasteiger charge is 2.29. The predicted octanol–water partition coefficient (Wildman–Crippen LogP) is 0.279. The Kier molecular flexibility index (Phi) is 6.46. The minimum Gasteiger partial charge on any atom is -0.465 e. The Balaban J connectivity index is 4.92. The van der Waals surface area contributed by atoms with Gasteiger partial charge in [-0.25, -0.2) is 8.42 Å². The number of nitrogens with zero attached hydrogens (tertiary/aromatic N) is 2. The molecule has 0 aromatic rings. The Morgan fingerprint density at radius 2 is 2.24 bits per heavy atom.